The van der Waals surface area contributed by atoms with Crippen molar-refractivity contribution in [2.24, 2.45) is 5.73 Å². The molecular formula is C13H13FN2O3. The largest absolute Gasteiger partial charge is 0.494 e. The number of hydrogen-bond acceptors (Lipinski definition) is 4. The Morgan fingerprint density at radius 3 is 2.68 bits per heavy atom. The smallest absolute Gasteiger partial charge is 0.261 e. The molecule has 0 fully saturated rings. The summed E-state index contributed by atoms with van der Waals surface area (Å²) in [5.41, 5.74) is 5.84. The molecular weight excluding hydrogens is 251 g/mol. The van der Waals surface area contributed by atoms with Crippen LogP contribution in [0.4, 0.5) is 4.39 Å². The van der Waals surface area contributed by atoms with E-state index in [1.165, 1.54) is 31.4 Å². The molecule has 0 aromatic heterocycles. The van der Waals surface area contributed by atoms with Gasteiger partial charge in [-0.05, 0) is 17.7 Å². The fraction of sp³-hybridized carbons (Fsp3) is 0.231. The summed E-state index contributed by atoms with van der Waals surface area (Å²) in [6.07, 6.45) is 1.19. The van der Waals surface area contributed by atoms with E-state index in [0.29, 0.717) is 5.56 Å². The summed E-state index contributed by atoms with van der Waals surface area (Å²) in [5, 5.41) is 0. The Morgan fingerprint density at radius 2 is 2.11 bits per heavy atom. The van der Waals surface area contributed by atoms with Gasteiger partial charge in [-0.1, -0.05) is 6.07 Å². The number of methoxy groups -OCH3 is 1. The van der Waals surface area contributed by atoms with Crippen molar-refractivity contribution in [3.8, 4) is 5.75 Å². The van der Waals surface area contributed by atoms with Crippen LogP contribution in [-0.2, 0) is 9.59 Å². The van der Waals surface area contributed by atoms with E-state index in [2.05, 4.69) is 0 Å². The number of halogens is 1. The van der Waals surface area contributed by atoms with Crippen LogP contribution in [0.25, 0.3) is 5.57 Å². The monoisotopic (exact) mass is 264 g/mol. The van der Waals surface area contributed by atoms with Crippen LogP contribution < -0.4 is 10.5 Å². The van der Waals surface area contributed by atoms with Gasteiger partial charge in [-0.15, -0.1) is 0 Å². The van der Waals surface area contributed by atoms with Crippen molar-refractivity contribution in [2.75, 3.05) is 20.2 Å². The fourth-order valence-electron chi connectivity index (χ4n) is 1.89. The average molecular weight is 264 g/mol. The molecule has 19 heavy (non-hydrogen) atoms. The number of amides is 2. The molecule has 0 saturated heterocycles. The third kappa shape index (κ3) is 2.34. The minimum Gasteiger partial charge on any atom is -0.494 e. The van der Waals surface area contributed by atoms with Crippen LogP contribution in [0.5, 0.6) is 5.75 Å². The van der Waals surface area contributed by atoms with E-state index >= 15 is 0 Å². The Morgan fingerprint density at radius 1 is 1.37 bits per heavy atom. The summed E-state index contributed by atoms with van der Waals surface area (Å²) >= 11 is 0. The van der Waals surface area contributed by atoms with Crippen molar-refractivity contribution in [1.82, 2.24) is 4.90 Å². The van der Waals surface area contributed by atoms with E-state index in [9.17, 15) is 14.0 Å². The van der Waals surface area contributed by atoms with E-state index < -0.39 is 17.6 Å². The van der Waals surface area contributed by atoms with Crippen molar-refractivity contribution >= 4 is 17.4 Å². The molecule has 1 aliphatic heterocycles. The second kappa shape index (κ2) is 5.19. The topological polar surface area (TPSA) is 72.6 Å². The highest BCUT2D eigenvalue weighted by atomic mass is 19.1. The molecule has 0 unspecified atom stereocenters. The molecule has 1 aliphatic rings. The summed E-state index contributed by atoms with van der Waals surface area (Å²) in [7, 11) is 1.35. The second-order valence-corrected chi connectivity index (χ2v) is 3.99. The molecule has 0 spiro atoms. The normalized spacial score (nSPS) is 14.9. The zero-order valence-corrected chi connectivity index (χ0v) is 10.4. The molecule has 0 atom stereocenters. The van der Waals surface area contributed by atoms with Gasteiger partial charge in [-0.2, -0.15) is 0 Å². The Hall–Kier alpha value is -2.21. The molecule has 1 aromatic rings. The number of nitrogens with two attached hydrogens (primary N) is 1. The summed E-state index contributed by atoms with van der Waals surface area (Å²) in [4.78, 5) is 24.7. The molecule has 1 aromatic carbocycles. The van der Waals surface area contributed by atoms with Crippen LogP contribution in [0.2, 0.25) is 0 Å². The molecule has 1 heterocycles. The van der Waals surface area contributed by atoms with Crippen LogP contribution in [0.1, 0.15) is 5.56 Å². The lowest BCUT2D eigenvalue weighted by atomic mass is 10.1. The molecule has 100 valence electrons. The van der Waals surface area contributed by atoms with Gasteiger partial charge in [0.05, 0.1) is 12.7 Å². The number of carbonyl (C=O) groups excluding carboxylic acids is 2. The Labute approximate surface area is 109 Å². The molecule has 2 amide bonds. The Kier molecular flexibility index (Phi) is 3.62. The van der Waals surface area contributed by atoms with Crippen LogP contribution in [0, 0.1) is 5.82 Å². The highest BCUT2D eigenvalue weighted by molar-refractivity contribution is 6.33. The highest BCUT2D eigenvalue weighted by Crippen LogP contribution is 2.27. The predicted octanol–water partition coefficient (Wildman–Crippen LogP) is 0.545. The van der Waals surface area contributed by atoms with E-state index in [1.54, 1.807) is 0 Å². The lowest BCUT2D eigenvalue weighted by Crippen LogP contribution is -2.35. The third-order valence-corrected chi connectivity index (χ3v) is 2.82. The van der Waals surface area contributed by atoms with Gasteiger partial charge in [-0.3, -0.25) is 14.5 Å². The lowest BCUT2D eigenvalue weighted by Gasteiger charge is -2.13. The molecule has 0 radical (unpaired) electrons. The SMILES string of the molecule is COc1ccc(C2=CC(=O)N(CCN)C2=O)cc1F. The number of carbonyl (C=O) groups is 2. The summed E-state index contributed by atoms with van der Waals surface area (Å²) in [6.45, 7) is 0.339. The van der Waals surface area contributed by atoms with Crippen molar-refractivity contribution in [2.45, 2.75) is 0 Å². The molecule has 0 saturated carbocycles. The van der Waals surface area contributed by atoms with Gasteiger partial charge in [0.25, 0.3) is 11.8 Å². The number of ether oxygens (including phenoxy) is 1. The maximum atomic E-state index is 13.6. The molecule has 0 aliphatic carbocycles. The Bertz CT molecular complexity index is 569. The molecule has 0 bridgehead atoms. The minimum atomic E-state index is -0.585. The molecule has 6 heteroatoms. The van der Waals surface area contributed by atoms with Crippen molar-refractivity contribution in [3.63, 3.8) is 0 Å². The van der Waals surface area contributed by atoms with Gasteiger partial charge >= 0.3 is 0 Å². The first-order valence-corrected chi connectivity index (χ1v) is 5.70. The maximum Gasteiger partial charge on any atom is 0.261 e. The number of hydrogen-bond donors (Lipinski definition) is 1. The molecule has 2 rings (SSSR count). The first-order chi connectivity index (χ1) is 9.08. The second-order valence-electron chi connectivity index (χ2n) is 3.99. The quantitative estimate of drug-likeness (QED) is 0.806. The average Bonchev–Trinajstić information content (AvgIpc) is 2.67. The van der Waals surface area contributed by atoms with Crippen molar-refractivity contribution in [3.05, 3.63) is 35.7 Å². The number of nitrogens with zero attached hydrogens (tertiary/aromatic N) is 1. The van der Waals surface area contributed by atoms with Gasteiger partial charge < -0.3 is 10.5 Å². The first kappa shape index (κ1) is 13.2. The molecule has 5 nitrogen and oxygen atoms in total. The van der Waals surface area contributed by atoms with Gasteiger partial charge in [-0.25, -0.2) is 4.39 Å². The van der Waals surface area contributed by atoms with E-state index in [1.807, 2.05) is 0 Å². The van der Waals surface area contributed by atoms with Gasteiger partial charge in [0.2, 0.25) is 0 Å². The number of rotatable bonds is 4. The minimum absolute atomic E-state index is 0.0833. The van der Waals surface area contributed by atoms with E-state index in [4.69, 9.17) is 10.5 Å². The number of imide groups is 1. The van der Waals surface area contributed by atoms with Gasteiger partial charge in [0.15, 0.2) is 11.6 Å². The number of benzene rings is 1. The predicted molar refractivity (Wildman–Crippen MR) is 66.7 cm³/mol. The summed E-state index contributed by atoms with van der Waals surface area (Å²) in [5.74, 6) is -1.39. The van der Waals surface area contributed by atoms with Crippen LogP contribution in [0.15, 0.2) is 24.3 Å². The zero-order chi connectivity index (χ0) is 14.0. The Balaban J connectivity index is 2.33. The fourth-order valence-corrected chi connectivity index (χ4v) is 1.89. The van der Waals surface area contributed by atoms with E-state index in [-0.39, 0.29) is 24.4 Å². The lowest BCUT2D eigenvalue weighted by molar-refractivity contribution is -0.136. The molecule has 2 N–H and O–H groups in total. The maximum absolute atomic E-state index is 13.6. The first-order valence-electron chi connectivity index (χ1n) is 5.70. The standard InChI is InChI=1S/C13H13FN2O3/c1-19-11-3-2-8(6-10(11)14)9-7-12(17)16(5-4-15)13(9)18/h2-3,6-7H,4-5,15H2,1H3. The van der Waals surface area contributed by atoms with Crippen molar-refractivity contribution < 1.29 is 18.7 Å². The zero-order valence-electron chi connectivity index (χ0n) is 10.4. The third-order valence-electron chi connectivity index (χ3n) is 2.82. The summed E-state index contributed by atoms with van der Waals surface area (Å²) in [6, 6.07) is 4.11. The van der Waals surface area contributed by atoms with Crippen LogP contribution in [-0.4, -0.2) is 36.9 Å². The van der Waals surface area contributed by atoms with Gasteiger partial charge in [0.1, 0.15) is 0 Å². The van der Waals surface area contributed by atoms with E-state index in [0.717, 1.165) is 4.90 Å². The van der Waals surface area contributed by atoms with Crippen LogP contribution in [0.3, 0.4) is 0 Å². The van der Waals surface area contributed by atoms with Gasteiger partial charge in [0, 0.05) is 19.2 Å². The van der Waals surface area contributed by atoms with Crippen LogP contribution >= 0.6 is 0 Å². The highest BCUT2D eigenvalue weighted by Gasteiger charge is 2.31. The van der Waals surface area contributed by atoms with Crippen molar-refractivity contribution in [1.29, 1.82) is 0 Å². The summed E-state index contributed by atoms with van der Waals surface area (Å²) < 4.78 is 18.4.